The molecule has 18 heavy (non-hydrogen) atoms. The topological polar surface area (TPSA) is 20.2 Å². The quantitative estimate of drug-likeness (QED) is 0.849. The van der Waals surface area contributed by atoms with Crippen LogP contribution in [-0.2, 0) is 6.61 Å². The van der Waals surface area contributed by atoms with Gasteiger partial charge in [0, 0.05) is 0 Å². The molecule has 0 amide bonds. The fourth-order valence-corrected chi connectivity index (χ4v) is 2.13. The Labute approximate surface area is 109 Å². The van der Waals surface area contributed by atoms with Crippen molar-refractivity contribution in [1.29, 1.82) is 0 Å². The zero-order chi connectivity index (χ0) is 13.1. The monoisotopic (exact) mass is 240 g/mol. The van der Waals surface area contributed by atoms with Crippen molar-refractivity contribution in [3.63, 3.8) is 0 Å². The van der Waals surface area contributed by atoms with Crippen molar-refractivity contribution in [2.75, 3.05) is 0 Å². The minimum absolute atomic E-state index is 0.0946. The maximum atomic E-state index is 9.22. The number of hydrogen-bond acceptors (Lipinski definition) is 1. The first-order chi connectivity index (χ1) is 8.61. The summed E-state index contributed by atoms with van der Waals surface area (Å²) in [6, 6.07) is 14.8. The Morgan fingerprint density at radius 3 is 2.22 bits per heavy atom. The summed E-state index contributed by atoms with van der Waals surface area (Å²) in [6.07, 6.45) is 0. The van der Waals surface area contributed by atoms with Crippen LogP contribution in [0.15, 0.2) is 42.5 Å². The Bertz CT molecular complexity index is 524. The molecule has 0 heterocycles. The van der Waals surface area contributed by atoms with Gasteiger partial charge in [-0.3, -0.25) is 0 Å². The van der Waals surface area contributed by atoms with Crippen molar-refractivity contribution in [2.24, 2.45) is 0 Å². The smallest absolute Gasteiger partial charge is 0.0682 e. The number of aliphatic hydroxyl groups excluding tert-OH is 1. The van der Waals surface area contributed by atoms with E-state index in [9.17, 15) is 5.11 Å². The summed E-state index contributed by atoms with van der Waals surface area (Å²) < 4.78 is 0. The molecule has 1 heteroatoms. The largest absolute Gasteiger partial charge is 0.392 e. The number of hydrogen-bond donors (Lipinski definition) is 1. The zero-order valence-corrected chi connectivity index (χ0v) is 11.3. The Kier molecular flexibility index (Phi) is 3.83. The maximum Gasteiger partial charge on any atom is 0.0682 e. The van der Waals surface area contributed by atoms with Crippen LogP contribution in [0.1, 0.15) is 36.5 Å². The molecule has 0 spiro atoms. The molecule has 0 aromatic heterocycles. The summed E-state index contributed by atoms with van der Waals surface area (Å²) in [5.74, 6) is 0.559. The third-order valence-electron chi connectivity index (χ3n) is 3.37. The van der Waals surface area contributed by atoms with E-state index in [1.54, 1.807) is 0 Å². The van der Waals surface area contributed by atoms with Gasteiger partial charge in [-0.1, -0.05) is 50.2 Å². The highest BCUT2D eigenvalue weighted by Crippen LogP contribution is 2.26. The molecule has 0 saturated heterocycles. The van der Waals surface area contributed by atoms with Crippen molar-refractivity contribution >= 4 is 0 Å². The molecule has 2 aromatic carbocycles. The van der Waals surface area contributed by atoms with E-state index < -0.39 is 0 Å². The van der Waals surface area contributed by atoms with Gasteiger partial charge in [0.15, 0.2) is 0 Å². The number of benzene rings is 2. The van der Waals surface area contributed by atoms with E-state index in [1.165, 1.54) is 22.3 Å². The predicted octanol–water partition coefficient (Wildman–Crippen LogP) is 4.28. The molecule has 1 N–H and O–H groups in total. The summed E-state index contributed by atoms with van der Waals surface area (Å²) in [7, 11) is 0. The van der Waals surface area contributed by atoms with Crippen LogP contribution in [-0.4, -0.2) is 5.11 Å². The van der Waals surface area contributed by atoms with Crippen LogP contribution in [0.5, 0.6) is 0 Å². The maximum absolute atomic E-state index is 9.22. The van der Waals surface area contributed by atoms with Gasteiger partial charge in [-0.15, -0.1) is 0 Å². The average molecular weight is 240 g/mol. The van der Waals surface area contributed by atoms with E-state index in [1.807, 2.05) is 6.07 Å². The minimum Gasteiger partial charge on any atom is -0.392 e. The van der Waals surface area contributed by atoms with E-state index in [0.29, 0.717) is 5.92 Å². The van der Waals surface area contributed by atoms with Crippen LogP contribution >= 0.6 is 0 Å². The van der Waals surface area contributed by atoms with Gasteiger partial charge in [-0.05, 0) is 46.7 Å². The van der Waals surface area contributed by atoms with Crippen molar-refractivity contribution in [2.45, 2.75) is 33.3 Å². The second-order valence-corrected chi connectivity index (χ2v) is 5.08. The van der Waals surface area contributed by atoms with Crippen LogP contribution in [0.2, 0.25) is 0 Å². The van der Waals surface area contributed by atoms with Crippen molar-refractivity contribution in [1.82, 2.24) is 0 Å². The molecule has 94 valence electrons. The van der Waals surface area contributed by atoms with Gasteiger partial charge in [0.2, 0.25) is 0 Å². The first-order valence-corrected chi connectivity index (χ1v) is 6.42. The first-order valence-electron chi connectivity index (χ1n) is 6.42. The second-order valence-electron chi connectivity index (χ2n) is 5.08. The van der Waals surface area contributed by atoms with Gasteiger partial charge in [-0.25, -0.2) is 0 Å². The van der Waals surface area contributed by atoms with Crippen LogP contribution in [0, 0.1) is 6.92 Å². The number of rotatable bonds is 3. The SMILES string of the molecule is Cc1ccc(CO)cc1-c1ccc(C(C)C)cc1. The van der Waals surface area contributed by atoms with Crippen molar-refractivity contribution < 1.29 is 5.11 Å². The molecule has 2 rings (SSSR count). The molecule has 0 aliphatic carbocycles. The fourth-order valence-electron chi connectivity index (χ4n) is 2.13. The molecule has 0 fully saturated rings. The molecular weight excluding hydrogens is 220 g/mol. The lowest BCUT2D eigenvalue weighted by atomic mass is 9.95. The van der Waals surface area contributed by atoms with Crippen LogP contribution in [0.4, 0.5) is 0 Å². The van der Waals surface area contributed by atoms with Crippen LogP contribution < -0.4 is 0 Å². The molecule has 0 unspecified atom stereocenters. The molecule has 2 aromatic rings. The Hall–Kier alpha value is -1.60. The average Bonchev–Trinajstić information content (AvgIpc) is 2.39. The second kappa shape index (κ2) is 5.36. The molecule has 1 nitrogen and oxygen atoms in total. The lowest BCUT2D eigenvalue weighted by molar-refractivity contribution is 0.282. The lowest BCUT2D eigenvalue weighted by Gasteiger charge is -2.10. The third-order valence-corrected chi connectivity index (χ3v) is 3.37. The molecule has 0 aliphatic rings. The van der Waals surface area contributed by atoms with Gasteiger partial charge in [0.25, 0.3) is 0 Å². The Morgan fingerprint density at radius 2 is 1.67 bits per heavy atom. The Balaban J connectivity index is 2.41. The molecule has 0 radical (unpaired) electrons. The van der Waals surface area contributed by atoms with E-state index in [0.717, 1.165) is 5.56 Å². The van der Waals surface area contributed by atoms with E-state index in [4.69, 9.17) is 0 Å². The summed E-state index contributed by atoms with van der Waals surface area (Å²) >= 11 is 0. The van der Waals surface area contributed by atoms with Gasteiger partial charge in [-0.2, -0.15) is 0 Å². The molecule has 0 aliphatic heterocycles. The number of aryl methyl sites for hydroxylation is 1. The zero-order valence-electron chi connectivity index (χ0n) is 11.3. The Morgan fingerprint density at radius 1 is 1.00 bits per heavy atom. The highest BCUT2D eigenvalue weighted by atomic mass is 16.3. The summed E-state index contributed by atoms with van der Waals surface area (Å²) in [5.41, 5.74) is 5.98. The molecule has 0 atom stereocenters. The summed E-state index contributed by atoms with van der Waals surface area (Å²) in [6.45, 7) is 6.60. The fraction of sp³-hybridized carbons (Fsp3) is 0.294. The molecule has 0 bridgehead atoms. The molecule has 0 saturated carbocycles. The predicted molar refractivity (Wildman–Crippen MR) is 76.6 cm³/mol. The van der Waals surface area contributed by atoms with Crippen molar-refractivity contribution in [3.05, 3.63) is 59.2 Å². The highest BCUT2D eigenvalue weighted by Gasteiger charge is 2.04. The normalized spacial score (nSPS) is 10.9. The third kappa shape index (κ3) is 2.62. The standard InChI is InChI=1S/C17H20O/c1-12(2)15-6-8-16(9-7-15)17-10-14(11-18)5-4-13(17)3/h4-10,12,18H,11H2,1-3H3. The van der Waals surface area contributed by atoms with Crippen LogP contribution in [0.25, 0.3) is 11.1 Å². The van der Waals surface area contributed by atoms with Gasteiger partial charge < -0.3 is 5.11 Å². The summed E-state index contributed by atoms with van der Waals surface area (Å²) in [5, 5.41) is 9.22. The number of aliphatic hydroxyl groups is 1. The first kappa shape index (κ1) is 12.8. The van der Waals surface area contributed by atoms with Gasteiger partial charge >= 0.3 is 0 Å². The van der Waals surface area contributed by atoms with Gasteiger partial charge in [0.05, 0.1) is 6.61 Å². The van der Waals surface area contributed by atoms with Gasteiger partial charge in [0.1, 0.15) is 0 Å². The van der Waals surface area contributed by atoms with E-state index in [2.05, 4.69) is 57.2 Å². The van der Waals surface area contributed by atoms with Crippen LogP contribution in [0.3, 0.4) is 0 Å². The molecular formula is C17H20O. The van der Waals surface area contributed by atoms with Crippen molar-refractivity contribution in [3.8, 4) is 11.1 Å². The summed E-state index contributed by atoms with van der Waals surface area (Å²) in [4.78, 5) is 0. The van der Waals surface area contributed by atoms with E-state index >= 15 is 0 Å². The lowest BCUT2D eigenvalue weighted by Crippen LogP contribution is -1.90. The highest BCUT2D eigenvalue weighted by molar-refractivity contribution is 5.68. The van der Waals surface area contributed by atoms with E-state index in [-0.39, 0.29) is 6.61 Å². The minimum atomic E-state index is 0.0946.